The average Bonchev–Trinajstić information content (AvgIpc) is 3.14. The Morgan fingerprint density at radius 3 is 2.48 bits per heavy atom. The molecule has 0 saturated carbocycles. The van der Waals surface area contributed by atoms with Crippen molar-refractivity contribution in [3.8, 4) is 0 Å². The van der Waals surface area contributed by atoms with Crippen LogP contribution in [0.5, 0.6) is 0 Å². The molecule has 0 N–H and O–H groups in total. The number of hydrogen-bond donors (Lipinski definition) is 0. The number of aromatic nitrogens is 2. The van der Waals surface area contributed by atoms with E-state index in [0.717, 1.165) is 18.4 Å². The van der Waals surface area contributed by atoms with Crippen LogP contribution in [0, 0.1) is 0 Å². The highest BCUT2D eigenvalue weighted by atomic mass is 19.4. The summed E-state index contributed by atoms with van der Waals surface area (Å²) in [5, 5.41) is 0. The van der Waals surface area contributed by atoms with Crippen LogP contribution >= 0.6 is 0 Å². The summed E-state index contributed by atoms with van der Waals surface area (Å²) in [6.45, 7) is 1.06. The van der Waals surface area contributed by atoms with Gasteiger partial charge in [-0.05, 0) is 24.8 Å². The van der Waals surface area contributed by atoms with Gasteiger partial charge >= 0.3 is 6.18 Å². The molecule has 1 aromatic carbocycles. The molecule has 33 heavy (non-hydrogen) atoms. The molecule has 4 heterocycles. The zero-order valence-corrected chi connectivity index (χ0v) is 18.4. The molecule has 0 amide bonds. The van der Waals surface area contributed by atoms with Crippen molar-refractivity contribution in [2.45, 2.75) is 56.3 Å². The number of morpholine rings is 1. The van der Waals surface area contributed by atoms with Gasteiger partial charge in [-0.3, -0.25) is 9.36 Å². The van der Waals surface area contributed by atoms with Crippen molar-refractivity contribution in [2.75, 3.05) is 36.5 Å². The number of fused-ring (bicyclic) bond motifs is 3. The molecule has 0 spiro atoms. The quantitative estimate of drug-likeness (QED) is 0.678. The Kier molecular flexibility index (Phi) is 5.82. The molecule has 1 aromatic heterocycles. The van der Waals surface area contributed by atoms with Crippen molar-refractivity contribution in [3.63, 3.8) is 0 Å². The first kappa shape index (κ1) is 22.2. The molecule has 10 heteroatoms. The van der Waals surface area contributed by atoms with Crippen molar-refractivity contribution in [1.29, 1.82) is 0 Å². The normalized spacial score (nSPS) is 25.8. The van der Waals surface area contributed by atoms with Crippen LogP contribution in [-0.4, -0.2) is 60.7 Å². The third kappa shape index (κ3) is 4.33. The van der Waals surface area contributed by atoms with E-state index in [9.17, 15) is 18.0 Å². The van der Waals surface area contributed by atoms with Crippen LogP contribution in [0.15, 0.2) is 41.2 Å². The molecule has 2 fully saturated rings. The van der Waals surface area contributed by atoms with Crippen LogP contribution in [-0.2, 0) is 16.0 Å². The topological polar surface area (TPSA) is 59.8 Å². The maximum atomic E-state index is 14.1. The Labute approximate surface area is 189 Å². The summed E-state index contributed by atoms with van der Waals surface area (Å²) < 4.78 is 55.0. The fourth-order valence-electron chi connectivity index (χ4n) is 5.13. The van der Waals surface area contributed by atoms with Crippen LogP contribution in [0.2, 0.25) is 0 Å². The first-order chi connectivity index (χ1) is 15.8. The van der Waals surface area contributed by atoms with Gasteiger partial charge in [0, 0.05) is 32.8 Å². The van der Waals surface area contributed by atoms with E-state index in [1.54, 1.807) is 0 Å². The first-order valence-electron chi connectivity index (χ1n) is 11.3. The minimum Gasteiger partial charge on any atom is -0.375 e. The van der Waals surface area contributed by atoms with Crippen molar-refractivity contribution >= 4 is 11.8 Å². The predicted molar refractivity (Wildman–Crippen MR) is 117 cm³/mol. The predicted octanol–water partition coefficient (Wildman–Crippen LogP) is 3.14. The Morgan fingerprint density at radius 1 is 1.15 bits per heavy atom. The van der Waals surface area contributed by atoms with Crippen LogP contribution in [0.1, 0.15) is 30.9 Å². The van der Waals surface area contributed by atoms with E-state index in [1.165, 1.54) is 22.6 Å². The lowest BCUT2D eigenvalue weighted by molar-refractivity contribution is -0.153. The van der Waals surface area contributed by atoms with Gasteiger partial charge in [0.1, 0.15) is 11.9 Å². The monoisotopic (exact) mass is 464 g/mol. The number of ether oxygens (including phenoxy) is 2. The lowest BCUT2D eigenvalue weighted by atomic mass is 10.1. The van der Waals surface area contributed by atoms with Gasteiger partial charge in [0.05, 0.1) is 24.9 Å². The molecule has 0 radical (unpaired) electrons. The van der Waals surface area contributed by atoms with Gasteiger partial charge in [0.15, 0.2) is 0 Å². The second-order valence-electron chi connectivity index (χ2n) is 8.90. The van der Waals surface area contributed by atoms with E-state index in [0.29, 0.717) is 18.9 Å². The molecular weight excluding hydrogens is 437 g/mol. The lowest BCUT2D eigenvalue weighted by Crippen LogP contribution is -2.54. The number of nitrogens with zero attached hydrogens (tertiary/aromatic N) is 4. The second kappa shape index (κ2) is 8.64. The molecule has 4 atom stereocenters. The summed E-state index contributed by atoms with van der Waals surface area (Å²) in [4.78, 5) is 20.7. The van der Waals surface area contributed by atoms with Crippen LogP contribution in [0.4, 0.5) is 24.9 Å². The van der Waals surface area contributed by atoms with Gasteiger partial charge in [0.2, 0.25) is 5.95 Å². The summed E-state index contributed by atoms with van der Waals surface area (Å²) in [6, 6.07) is 8.81. The number of anilines is 2. The third-order valence-corrected chi connectivity index (χ3v) is 6.80. The molecule has 7 nitrogen and oxygen atoms in total. The molecule has 2 aromatic rings. The van der Waals surface area contributed by atoms with Gasteiger partial charge in [-0.1, -0.05) is 30.3 Å². The fourth-order valence-corrected chi connectivity index (χ4v) is 5.13. The Morgan fingerprint density at radius 2 is 1.85 bits per heavy atom. The van der Waals surface area contributed by atoms with E-state index in [-0.39, 0.29) is 43.2 Å². The van der Waals surface area contributed by atoms with Crippen LogP contribution < -0.4 is 15.4 Å². The molecule has 2 saturated heterocycles. The summed E-state index contributed by atoms with van der Waals surface area (Å²) in [5.74, 6) is 0.454. The van der Waals surface area contributed by atoms with Gasteiger partial charge in [0.25, 0.3) is 5.56 Å². The van der Waals surface area contributed by atoms with Crippen molar-refractivity contribution in [2.24, 2.45) is 0 Å². The Balaban J connectivity index is 1.53. The number of hydrogen-bond acceptors (Lipinski definition) is 6. The maximum absolute atomic E-state index is 14.1. The minimum absolute atomic E-state index is 0.0283. The number of benzene rings is 1. The third-order valence-electron chi connectivity index (χ3n) is 6.80. The molecule has 1 unspecified atom stereocenters. The first-order valence-corrected chi connectivity index (χ1v) is 11.3. The van der Waals surface area contributed by atoms with Gasteiger partial charge in [-0.2, -0.15) is 18.2 Å². The number of halogens is 3. The molecular formula is C23H27F3N4O3. The lowest BCUT2D eigenvalue weighted by Gasteiger charge is -2.41. The molecule has 0 aliphatic carbocycles. The fraction of sp³-hybridized carbons (Fsp3) is 0.565. The smallest absolute Gasteiger partial charge is 0.375 e. The standard InChI is InChI=1S/C23H27F3N4O3/c1-32-18(15-5-3-2-4-6-15)14-30-19(23(24,25)26)9-10-29-21(31)11-20(27-22(29)30)28-12-16-7-8-17(13-28)33-16/h2-6,11,16-19H,7-10,12-14H2,1H3/t16-,17+,18-,19?/m1/s1. The van der Waals surface area contributed by atoms with Crippen molar-refractivity contribution in [3.05, 3.63) is 52.3 Å². The Bertz CT molecular complexity index is 1030. The largest absolute Gasteiger partial charge is 0.408 e. The maximum Gasteiger partial charge on any atom is 0.408 e. The highest BCUT2D eigenvalue weighted by Crippen LogP contribution is 2.36. The molecule has 3 aliphatic heterocycles. The number of alkyl halides is 3. The van der Waals surface area contributed by atoms with Gasteiger partial charge in [-0.15, -0.1) is 0 Å². The highest BCUT2D eigenvalue weighted by Gasteiger charge is 2.47. The molecule has 5 rings (SSSR count). The minimum atomic E-state index is -4.47. The summed E-state index contributed by atoms with van der Waals surface area (Å²) in [6.07, 6.45) is -3.27. The van der Waals surface area contributed by atoms with Crippen molar-refractivity contribution < 1.29 is 22.6 Å². The van der Waals surface area contributed by atoms with Gasteiger partial charge in [-0.25, -0.2) is 0 Å². The van der Waals surface area contributed by atoms with E-state index >= 15 is 0 Å². The molecule has 2 bridgehead atoms. The van der Waals surface area contributed by atoms with E-state index in [4.69, 9.17) is 9.47 Å². The molecule has 178 valence electrons. The number of methoxy groups -OCH3 is 1. The second-order valence-corrected chi connectivity index (χ2v) is 8.90. The SMILES string of the molecule is CO[C@H](CN1c2nc(N3C[C@H]4CC[C@@H](C3)O4)cc(=O)n2CCC1C(F)(F)F)c1ccccc1. The van der Waals surface area contributed by atoms with E-state index in [2.05, 4.69) is 4.98 Å². The summed E-state index contributed by atoms with van der Waals surface area (Å²) in [5.41, 5.74) is 0.425. The average molecular weight is 464 g/mol. The summed E-state index contributed by atoms with van der Waals surface area (Å²) in [7, 11) is 1.48. The van der Waals surface area contributed by atoms with Crippen molar-refractivity contribution in [1.82, 2.24) is 9.55 Å². The van der Waals surface area contributed by atoms with Crippen LogP contribution in [0.25, 0.3) is 0 Å². The zero-order valence-electron chi connectivity index (χ0n) is 18.4. The molecule has 3 aliphatic rings. The number of rotatable bonds is 5. The highest BCUT2D eigenvalue weighted by molar-refractivity contribution is 5.47. The van der Waals surface area contributed by atoms with Crippen LogP contribution in [0.3, 0.4) is 0 Å². The van der Waals surface area contributed by atoms with E-state index in [1.807, 2.05) is 35.2 Å². The van der Waals surface area contributed by atoms with E-state index < -0.39 is 18.3 Å². The Hall–Kier alpha value is -2.59. The zero-order chi connectivity index (χ0) is 23.2. The van der Waals surface area contributed by atoms with Gasteiger partial charge < -0.3 is 19.3 Å². The summed E-state index contributed by atoms with van der Waals surface area (Å²) >= 11 is 0.